The molecule has 0 saturated carbocycles. The van der Waals surface area contributed by atoms with Crippen LogP contribution in [-0.4, -0.2) is 41.3 Å². The molecule has 0 bridgehead atoms. The predicted octanol–water partition coefficient (Wildman–Crippen LogP) is 2.74. The van der Waals surface area contributed by atoms with Crippen LogP contribution in [0.2, 0.25) is 4.34 Å². The molecule has 4 nitrogen and oxygen atoms in total. The summed E-state index contributed by atoms with van der Waals surface area (Å²) in [5.74, 6) is 0. The molecule has 2 amide bonds. The van der Waals surface area contributed by atoms with Crippen LogP contribution in [0.15, 0.2) is 12.1 Å². The van der Waals surface area contributed by atoms with Gasteiger partial charge < -0.3 is 15.3 Å². The lowest BCUT2D eigenvalue weighted by Gasteiger charge is -2.28. The van der Waals surface area contributed by atoms with E-state index in [0.717, 1.165) is 15.6 Å². The van der Waals surface area contributed by atoms with Crippen molar-refractivity contribution in [3.05, 3.63) is 21.3 Å². The summed E-state index contributed by atoms with van der Waals surface area (Å²) in [7, 11) is 0. The lowest BCUT2D eigenvalue weighted by atomic mass is 10.3. The number of thiophene rings is 1. The lowest BCUT2D eigenvalue weighted by molar-refractivity contribution is 0.119. The number of urea groups is 1. The van der Waals surface area contributed by atoms with E-state index in [0.29, 0.717) is 13.1 Å². The second kappa shape index (κ2) is 7.72. The Kier molecular flexibility index (Phi) is 6.62. The van der Waals surface area contributed by atoms with Gasteiger partial charge in [-0.1, -0.05) is 11.6 Å². The van der Waals surface area contributed by atoms with Crippen LogP contribution in [0.5, 0.6) is 0 Å². The molecule has 6 heteroatoms. The molecule has 0 radical (unpaired) electrons. The van der Waals surface area contributed by atoms with Crippen LogP contribution in [0.3, 0.4) is 0 Å². The Morgan fingerprint density at radius 3 is 2.63 bits per heavy atom. The van der Waals surface area contributed by atoms with Crippen molar-refractivity contribution in [2.75, 3.05) is 13.1 Å². The van der Waals surface area contributed by atoms with Gasteiger partial charge in [0.25, 0.3) is 0 Å². The minimum Gasteiger partial charge on any atom is -0.392 e. The fourth-order valence-electron chi connectivity index (χ4n) is 1.69. The van der Waals surface area contributed by atoms with Gasteiger partial charge in [-0.2, -0.15) is 0 Å². The number of hydrogen-bond donors (Lipinski definition) is 2. The number of aliphatic hydroxyl groups is 1. The van der Waals surface area contributed by atoms with Gasteiger partial charge in [0.05, 0.1) is 10.4 Å². The zero-order valence-electron chi connectivity index (χ0n) is 11.5. The Balaban J connectivity index is 2.39. The number of rotatable bonds is 6. The third kappa shape index (κ3) is 5.80. The molecule has 1 unspecified atom stereocenters. The van der Waals surface area contributed by atoms with Crippen molar-refractivity contribution in [1.29, 1.82) is 0 Å². The van der Waals surface area contributed by atoms with E-state index in [1.165, 1.54) is 11.3 Å². The maximum Gasteiger partial charge on any atom is 0.317 e. The summed E-state index contributed by atoms with van der Waals surface area (Å²) in [5.41, 5.74) is 0. The van der Waals surface area contributed by atoms with E-state index in [1.807, 2.05) is 26.0 Å². The third-order valence-electron chi connectivity index (χ3n) is 2.62. The van der Waals surface area contributed by atoms with E-state index in [4.69, 9.17) is 11.6 Å². The van der Waals surface area contributed by atoms with Crippen LogP contribution in [-0.2, 0) is 6.42 Å². The summed E-state index contributed by atoms with van der Waals surface area (Å²) >= 11 is 7.37. The molecule has 1 atom stereocenters. The monoisotopic (exact) mass is 304 g/mol. The highest BCUT2D eigenvalue weighted by molar-refractivity contribution is 7.16. The number of carbonyl (C=O) groups excluding carboxylic acids is 1. The lowest BCUT2D eigenvalue weighted by Crippen LogP contribution is -2.47. The minimum absolute atomic E-state index is 0.0609. The first kappa shape index (κ1) is 16.3. The van der Waals surface area contributed by atoms with Crippen molar-refractivity contribution in [3.8, 4) is 0 Å². The summed E-state index contributed by atoms with van der Waals surface area (Å²) < 4.78 is 0.763. The fourth-order valence-corrected chi connectivity index (χ4v) is 2.78. The molecule has 0 aliphatic carbocycles. The smallest absolute Gasteiger partial charge is 0.317 e. The van der Waals surface area contributed by atoms with Crippen LogP contribution >= 0.6 is 22.9 Å². The molecule has 1 heterocycles. The molecule has 1 aromatic rings. The average molecular weight is 305 g/mol. The normalized spacial score (nSPS) is 12.5. The van der Waals surface area contributed by atoms with Gasteiger partial charge in [-0.15, -0.1) is 11.3 Å². The zero-order chi connectivity index (χ0) is 14.4. The molecule has 0 saturated heterocycles. The average Bonchev–Trinajstić information content (AvgIpc) is 2.71. The second-order valence-corrected chi connectivity index (χ2v) is 6.58. The molecule has 108 valence electrons. The van der Waals surface area contributed by atoms with E-state index < -0.39 is 6.10 Å². The van der Waals surface area contributed by atoms with E-state index in [-0.39, 0.29) is 12.1 Å². The molecular formula is C13H21ClN2O2S. The van der Waals surface area contributed by atoms with Crippen molar-refractivity contribution in [2.45, 2.75) is 39.3 Å². The van der Waals surface area contributed by atoms with Crippen LogP contribution in [0, 0.1) is 0 Å². The Hall–Kier alpha value is -0.780. The van der Waals surface area contributed by atoms with Crippen molar-refractivity contribution < 1.29 is 9.90 Å². The van der Waals surface area contributed by atoms with E-state index in [2.05, 4.69) is 5.32 Å². The zero-order valence-corrected chi connectivity index (χ0v) is 13.1. The van der Waals surface area contributed by atoms with Crippen molar-refractivity contribution in [3.63, 3.8) is 0 Å². The van der Waals surface area contributed by atoms with Crippen LogP contribution < -0.4 is 5.32 Å². The number of halogens is 1. The van der Waals surface area contributed by atoms with Crippen molar-refractivity contribution >= 4 is 29.0 Å². The number of amides is 2. The predicted molar refractivity (Wildman–Crippen MR) is 80.0 cm³/mol. The fraction of sp³-hybridized carbons (Fsp3) is 0.615. The number of nitrogens with one attached hydrogen (secondary N) is 1. The standard InChI is InChI=1S/C13H21ClN2O2S/c1-9(2)16(8-10(3)17)13(18)15-7-6-11-4-5-12(14)19-11/h4-5,9-10,17H,6-8H2,1-3H3,(H,15,18). The van der Waals surface area contributed by atoms with Gasteiger partial charge in [-0.05, 0) is 39.3 Å². The SMILES string of the molecule is CC(O)CN(C(=O)NCCc1ccc(Cl)s1)C(C)C. The molecule has 0 aliphatic rings. The maximum atomic E-state index is 12.0. The van der Waals surface area contributed by atoms with Gasteiger partial charge >= 0.3 is 6.03 Å². The molecule has 1 aromatic heterocycles. The number of nitrogens with zero attached hydrogens (tertiary/aromatic N) is 1. The Bertz CT molecular complexity index is 407. The van der Waals surface area contributed by atoms with Crippen LogP contribution in [0.25, 0.3) is 0 Å². The highest BCUT2D eigenvalue weighted by atomic mass is 35.5. The summed E-state index contributed by atoms with van der Waals surface area (Å²) in [5, 5.41) is 12.3. The molecular weight excluding hydrogens is 284 g/mol. The maximum absolute atomic E-state index is 12.0. The number of carbonyl (C=O) groups is 1. The van der Waals surface area contributed by atoms with Crippen LogP contribution in [0.4, 0.5) is 4.79 Å². The van der Waals surface area contributed by atoms with Gasteiger partial charge in [0.15, 0.2) is 0 Å². The van der Waals surface area contributed by atoms with Gasteiger partial charge in [0.1, 0.15) is 0 Å². The molecule has 0 aliphatic heterocycles. The summed E-state index contributed by atoms with van der Waals surface area (Å²) in [6.45, 7) is 6.45. The first-order valence-corrected chi connectivity index (χ1v) is 7.56. The van der Waals surface area contributed by atoms with E-state index in [1.54, 1.807) is 11.8 Å². The molecule has 0 spiro atoms. The summed E-state index contributed by atoms with van der Waals surface area (Å²) in [6, 6.07) is 3.75. The Morgan fingerprint density at radius 1 is 1.47 bits per heavy atom. The third-order valence-corrected chi connectivity index (χ3v) is 3.91. The summed E-state index contributed by atoms with van der Waals surface area (Å²) in [4.78, 5) is 14.8. The topological polar surface area (TPSA) is 52.6 Å². The number of hydrogen-bond acceptors (Lipinski definition) is 3. The van der Waals surface area contributed by atoms with Gasteiger partial charge in [0, 0.05) is 24.0 Å². The molecule has 19 heavy (non-hydrogen) atoms. The molecule has 2 N–H and O–H groups in total. The quantitative estimate of drug-likeness (QED) is 0.849. The van der Waals surface area contributed by atoms with E-state index >= 15 is 0 Å². The molecule has 0 aromatic carbocycles. The van der Waals surface area contributed by atoms with Crippen molar-refractivity contribution in [1.82, 2.24) is 10.2 Å². The second-order valence-electron chi connectivity index (χ2n) is 4.78. The number of aliphatic hydroxyl groups excluding tert-OH is 1. The first-order valence-electron chi connectivity index (χ1n) is 6.37. The molecule has 0 fully saturated rings. The Morgan fingerprint density at radius 2 is 2.16 bits per heavy atom. The molecule has 1 rings (SSSR count). The minimum atomic E-state index is -0.524. The highest BCUT2D eigenvalue weighted by Crippen LogP contribution is 2.21. The van der Waals surface area contributed by atoms with Crippen LogP contribution in [0.1, 0.15) is 25.6 Å². The Labute approximate surface area is 123 Å². The van der Waals surface area contributed by atoms with Gasteiger partial charge in [-0.3, -0.25) is 0 Å². The first-order chi connectivity index (χ1) is 8.90. The van der Waals surface area contributed by atoms with Gasteiger partial charge in [-0.25, -0.2) is 4.79 Å². The van der Waals surface area contributed by atoms with Crippen molar-refractivity contribution in [2.24, 2.45) is 0 Å². The van der Waals surface area contributed by atoms with Gasteiger partial charge in [0.2, 0.25) is 0 Å². The highest BCUT2D eigenvalue weighted by Gasteiger charge is 2.18. The van der Waals surface area contributed by atoms with E-state index in [9.17, 15) is 9.90 Å². The largest absolute Gasteiger partial charge is 0.392 e. The summed E-state index contributed by atoms with van der Waals surface area (Å²) in [6.07, 6.45) is 0.244.